The first-order valence-electron chi connectivity index (χ1n) is 2.68. The number of nitrogens with one attached hydrogen (secondary N) is 1. The van der Waals surface area contributed by atoms with Crippen LogP contribution in [0, 0.1) is 4.77 Å². The number of hydrogen-bond donors (Lipinski definition) is 3. The number of H-pyrrole nitrogens is 1. The number of thiol groups is 1. The summed E-state index contributed by atoms with van der Waals surface area (Å²) in [5, 5.41) is 0. The molecule has 10 heavy (non-hydrogen) atoms. The van der Waals surface area contributed by atoms with Crippen molar-refractivity contribution in [3.05, 3.63) is 16.5 Å². The standard InChI is InChI=1S/C5H7N3S2/c6-4-3(2-9)1-7-5(10)8-4/h1,9H,2H2,(H3,6,7,8,10). The van der Waals surface area contributed by atoms with E-state index < -0.39 is 0 Å². The van der Waals surface area contributed by atoms with Gasteiger partial charge in [0.05, 0.1) is 0 Å². The van der Waals surface area contributed by atoms with Crippen LogP contribution < -0.4 is 5.73 Å². The van der Waals surface area contributed by atoms with E-state index in [1.54, 1.807) is 6.20 Å². The minimum absolute atomic E-state index is 0.406. The van der Waals surface area contributed by atoms with Gasteiger partial charge >= 0.3 is 0 Å². The van der Waals surface area contributed by atoms with Crippen LogP contribution in [0.4, 0.5) is 5.82 Å². The van der Waals surface area contributed by atoms with E-state index in [1.165, 1.54) is 0 Å². The first-order chi connectivity index (χ1) is 4.74. The van der Waals surface area contributed by atoms with E-state index in [1.807, 2.05) is 0 Å². The Morgan fingerprint density at radius 3 is 3.00 bits per heavy atom. The Hall–Kier alpha value is -0.550. The van der Waals surface area contributed by atoms with Gasteiger partial charge in [0, 0.05) is 17.5 Å². The average Bonchev–Trinajstić information content (AvgIpc) is 1.88. The highest BCUT2D eigenvalue weighted by atomic mass is 32.1. The molecule has 1 rings (SSSR count). The third-order valence-electron chi connectivity index (χ3n) is 1.10. The molecule has 54 valence electrons. The van der Waals surface area contributed by atoms with Crippen molar-refractivity contribution in [2.45, 2.75) is 5.75 Å². The molecule has 0 radical (unpaired) electrons. The van der Waals surface area contributed by atoms with Crippen molar-refractivity contribution in [1.82, 2.24) is 9.97 Å². The molecular weight excluding hydrogens is 166 g/mol. The Bertz CT molecular complexity index is 280. The van der Waals surface area contributed by atoms with Gasteiger partial charge in [-0.2, -0.15) is 12.6 Å². The average molecular weight is 173 g/mol. The second-order valence-electron chi connectivity index (χ2n) is 1.79. The van der Waals surface area contributed by atoms with Gasteiger partial charge in [-0.3, -0.25) is 0 Å². The zero-order chi connectivity index (χ0) is 7.56. The molecule has 1 heterocycles. The summed E-state index contributed by atoms with van der Waals surface area (Å²) >= 11 is 8.78. The van der Waals surface area contributed by atoms with Crippen LogP contribution in [-0.2, 0) is 5.75 Å². The molecule has 0 aliphatic heterocycles. The fourth-order valence-corrected chi connectivity index (χ4v) is 0.974. The summed E-state index contributed by atoms with van der Waals surface area (Å²) in [5.41, 5.74) is 6.39. The first-order valence-corrected chi connectivity index (χ1v) is 3.72. The Balaban J connectivity index is 3.19. The van der Waals surface area contributed by atoms with E-state index in [0.29, 0.717) is 16.3 Å². The number of nitrogen functional groups attached to an aromatic ring is 1. The molecule has 1 aromatic rings. The van der Waals surface area contributed by atoms with Crippen molar-refractivity contribution in [1.29, 1.82) is 0 Å². The Labute approximate surface area is 69.1 Å². The quantitative estimate of drug-likeness (QED) is 0.441. The number of anilines is 1. The number of aromatic amines is 1. The lowest BCUT2D eigenvalue weighted by molar-refractivity contribution is 1.10. The Kier molecular flexibility index (Phi) is 2.29. The van der Waals surface area contributed by atoms with Crippen molar-refractivity contribution < 1.29 is 0 Å². The largest absolute Gasteiger partial charge is 0.385 e. The molecule has 0 aliphatic carbocycles. The second-order valence-corrected chi connectivity index (χ2v) is 2.49. The molecule has 0 atom stereocenters. The van der Waals surface area contributed by atoms with E-state index in [9.17, 15) is 0 Å². The predicted octanol–water partition coefficient (Wildman–Crippen LogP) is 1.15. The molecule has 5 heteroatoms. The molecule has 0 aliphatic rings. The predicted molar refractivity (Wildman–Crippen MR) is 46.5 cm³/mol. The molecule has 3 nitrogen and oxygen atoms in total. The molecule has 3 N–H and O–H groups in total. The molecule has 0 aromatic carbocycles. The number of hydrogen-bond acceptors (Lipinski definition) is 4. The van der Waals surface area contributed by atoms with Crippen LogP contribution >= 0.6 is 24.8 Å². The molecule has 0 saturated heterocycles. The van der Waals surface area contributed by atoms with E-state index in [2.05, 4.69) is 22.6 Å². The van der Waals surface area contributed by atoms with Gasteiger partial charge in [-0.05, 0) is 12.2 Å². The van der Waals surface area contributed by atoms with E-state index >= 15 is 0 Å². The molecule has 0 bridgehead atoms. The fourth-order valence-electron chi connectivity index (χ4n) is 0.560. The van der Waals surface area contributed by atoms with Gasteiger partial charge in [0.1, 0.15) is 5.82 Å². The Morgan fingerprint density at radius 2 is 2.50 bits per heavy atom. The number of rotatable bonds is 1. The van der Waals surface area contributed by atoms with Crippen molar-refractivity contribution in [3.8, 4) is 0 Å². The van der Waals surface area contributed by atoms with Gasteiger partial charge < -0.3 is 10.7 Å². The zero-order valence-electron chi connectivity index (χ0n) is 5.16. The number of nitrogens with zero attached hydrogens (tertiary/aromatic N) is 1. The third-order valence-corrected chi connectivity index (χ3v) is 1.64. The maximum Gasteiger partial charge on any atom is 0.198 e. The lowest BCUT2D eigenvalue weighted by Gasteiger charge is -1.98. The van der Waals surface area contributed by atoms with E-state index in [-0.39, 0.29) is 0 Å². The second kappa shape index (κ2) is 3.03. The molecule has 1 aromatic heterocycles. The van der Waals surface area contributed by atoms with Crippen LogP contribution in [0.25, 0.3) is 0 Å². The first kappa shape index (κ1) is 7.56. The third kappa shape index (κ3) is 1.48. The lowest BCUT2D eigenvalue weighted by Crippen LogP contribution is -1.97. The highest BCUT2D eigenvalue weighted by molar-refractivity contribution is 7.79. The van der Waals surface area contributed by atoms with Crippen LogP contribution in [-0.4, -0.2) is 9.97 Å². The van der Waals surface area contributed by atoms with Gasteiger partial charge in [0.2, 0.25) is 0 Å². The maximum absolute atomic E-state index is 5.52. The van der Waals surface area contributed by atoms with Gasteiger partial charge in [-0.15, -0.1) is 0 Å². The monoisotopic (exact) mass is 173 g/mol. The highest BCUT2D eigenvalue weighted by Crippen LogP contribution is 2.07. The smallest absolute Gasteiger partial charge is 0.198 e. The van der Waals surface area contributed by atoms with Crippen LogP contribution in [0.3, 0.4) is 0 Å². The minimum atomic E-state index is 0.406. The zero-order valence-corrected chi connectivity index (χ0v) is 6.88. The van der Waals surface area contributed by atoms with E-state index in [4.69, 9.17) is 18.0 Å². The van der Waals surface area contributed by atoms with Crippen molar-refractivity contribution in [3.63, 3.8) is 0 Å². The van der Waals surface area contributed by atoms with Crippen LogP contribution in [0.15, 0.2) is 6.20 Å². The highest BCUT2D eigenvalue weighted by Gasteiger charge is 1.94. The molecule has 0 fully saturated rings. The van der Waals surface area contributed by atoms with Gasteiger partial charge in [0.25, 0.3) is 0 Å². The normalized spacial score (nSPS) is 9.70. The maximum atomic E-state index is 5.52. The minimum Gasteiger partial charge on any atom is -0.385 e. The topological polar surface area (TPSA) is 54.7 Å². The summed E-state index contributed by atoms with van der Waals surface area (Å²) in [7, 11) is 0. The number of aromatic nitrogens is 2. The summed E-state index contributed by atoms with van der Waals surface area (Å²) in [6.07, 6.45) is 1.63. The SMILES string of the molecule is Nc1[nH]c(=S)ncc1CS. The van der Waals surface area contributed by atoms with Crippen molar-refractivity contribution in [2.24, 2.45) is 0 Å². The van der Waals surface area contributed by atoms with Crippen LogP contribution in [0.2, 0.25) is 0 Å². The van der Waals surface area contributed by atoms with Crippen LogP contribution in [0.1, 0.15) is 5.56 Å². The summed E-state index contributed by atoms with van der Waals surface area (Å²) < 4.78 is 0.406. The van der Waals surface area contributed by atoms with E-state index in [0.717, 1.165) is 5.56 Å². The van der Waals surface area contributed by atoms with Gasteiger partial charge in [-0.1, -0.05) is 0 Å². The molecule has 0 saturated carbocycles. The summed E-state index contributed by atoms with van der Waals surface area (Å²) in [6.45, 7) is 0. The van der Waals surface area contributed by atoms with Gasteiger partial charge in [-0.25, -0.2) is 4.98 Å². The molecular formula is C5H7N3S2. The van der Waals surface area contributed by atoms with Crippen molar-refractivity contribution >= 4 is 30.7 Å². The molecule has 0 amide bonds. The summed E-state index contributed by atoms with van der Waals surface area (Å²) in [4.78, 5) is 6.56. The summed E-state index contributed by atoms with van der Waals surface area (Å²) in [6, 6.07) is 0. The Morgan fingerprint density at radius 1 is 1.80 bits per heavy atom. The fraction of sp³-hybridized carbons (Fsp3) is 0.200. The van der Waals surface area contributed by atoms with Crippen molar-refractivity contribution in [2.75, 3.05) is 5.73 Å². The molecule has 0 unspecified atom stereocenters. The van der Waals surface area contributed by atoms with Gasteiger partial charge in [0.15, 0.2) is 4.77 Å². The summed E-state index contributed by atoms with van der Waals surface area (Å²) in [5.74, 6) is 1.13. The van der Waals surface area contributed by atoms with Crippen LogP contribution in [0.5, 0.6) is 0 Å². The molecule has 0 spiro atoms. The number of nitrogens with two attached hydrogens (primary N) is 1. The lowest BCUT2D eigenvalue weighted by atomic mass is 10.3.